The first-order valence-corrected chi connectivity index (χ1v) is 7.38. The number of hydrogen-bond donors (Lipinski definition) is 0. The summed E-state index contributed by atoms with van der Waals surface area (Å²) >= 11 is 0. The van der Waals surface area contributed by atoms with Gasteiger partial charge < -0.3 is 9.15 Å². The third kappa shape index (κ3) is 3.91. The number of benzene rings is 1. The van der Waals surface area contributed by atoms with E-state index in [-0.39, 0.29) is 17.6 Å². The van der Waals surface area contributed by atoms with Gasteiger partial charge in [-0.25, -0.2) is 4.79 Å². The van der Waals surface area contributed by atoms with Gasteiger partial charge in [0.1, 0.15) is 29.2 Å². The molecule has 0 bridgehead atoms. The first kappa shape index (κ1) is 17.1. The van der Waals surface area contributed by atoms with Crippen LogP contribution in [0.5, 0.6) is 0 Å². The molecule has 5 nitrogen and oxygen atoms in total. The van der Waals surface area contributed by atoms with E-state index in [0.29, 0.717) is 17.1 Å². The Bertz CT molecular complexity index is 861. The van der Waals surface area contributed by atoms with Crippen molar-refractivity contribution in [1.29, 1.82) is 10.5 Å². The van der Waals surface area contributed by atoms with Crippen molar-refractivity contribution in [2.24, 2.45) is 0 Å². The van der Waals surface area contributed by atoms with E-state index in [1.807, 2.05) is 6.92 Å². The van der Waals surface area contributed by atoms with Gasteiger partial charge in [-0.3, -0.25) is 0 Å². The molecule has 0 unspecified atom stereocenters. The van der Waals surface area contributed by atoms with Crippen LogP contribution in [0.3, 0.4) is 0 Å². The van der Waals surface area contributed by atoms with Gasteiger partial charge >= 0.3 is 5.97 Å². The lowest BCUT2D eigenvalue weighted by molar-refractivity contribution is 0.0378. The number of nitriles is 2. The Hall–Kier alpha value is -3.31. The van der Waals surface area contributed by atoms with Crippen molar-refractivity contribution in [3.05, 3.63) is 52.8 Å². The molecule has 0 fully saturated rings. The third-order valence-electron chi connectivity index (χ3n) is 3.22. The maximum Gasteiger partial charge on any atom is 0.338 e. The van der Waals surface area contributed by atoms with E-state index in [0.717, 1.165) is 11.1 Å². The summed E-state index contributed by atoms with van der Waals surface area (Å²) in [6.45, 7) is 5.47. The number of allylic oxidation sites excluding steroid dienone is 1. The van der Waals surface area contributed by atoms with Gasteiger partial charge in [0.15, 0.2) is 0 Å². The van der Waals surface area contributed by atoms with Gasteiger partial charge in [-0.05, 0) is 50.6 Å². The predicted octanol–water partition coefficient (Wildman–Crippen LogP) is 4.25. The van der Waals surface area contributed by atoms with E-state index in [1.165, 1.54) is 6.08 Å². The minimum Gasteiger partial charge on any atom is -0.459 e. The van der Waals surface area contributed by atoms with Crippen LogP contribution in [-0.2, 0) is 4.74 Å². The Morgan fingerprint density at radius 3 is 2.50 bits per heavy atom. The summed E-state index contributed by atoms with van der Waals surface area (Å²) in [7, 11) is 0. The highest BCUT2D eigenvalue weighted by molar-refractivity contribution is 5.90. The zero-order valence-corrected chi connectivity index (χ0v) is 13.7. The highest BCUT2D eigenvalue weighted by Gasteiger charge is 2.13. The minimum absolute atomic E-state index is 0.0283. The monoisotopic (exact) mass is 320 g/mol. The number of hydrogen-bond acceptors (Lipinski definition) is 5. The molecular formula is C19H16N2O3. The highest BCUT2D eigenvalue weighted by Crippen LogP contribution is 2.27. The molecule has 0 radical (unpaired) electrons. The van der Waals surface area contributed by atoms with Crippen LogP contribution in [0, 0.1) is 29.6 Å². The molecule has 1 aromatic carbocycles. The van der Waals surface area contributed by atoms with E-state index in [9.17, 15) is 4.79 Å². The van der Waals surface area contributed by atoms with E-state index >= 15 is 0 Å². The average Bonchev–Trinajstić information content (AvgIpc) is 3.00. The summed E-state index contributed by atoms with van der Waals surface area (Å²) in [4.78, 5) is 11.9. The number of rotatable bonds is 4. The standard InChI is InChI=1S/C19H16N2O3/c1-12(2)23-19(22)15-4-6-17(13(3)8-15)18-7-5-16(24-18)9-14(10-20)11-21/h4-9,12H,1-3H3. The molecule has 0 saturated heterocycles. The first-order valence-electron chi connectivity index (χ1n) is 7.38. The number of ether oxygens (including phenoxy) is 1. The van der Waals surface area contributed by atoms with Gasteiger partial charge in [0.2, 0.25) is 0 Å². The Labute approximate surface area is 140 Å². The highest BCUT2D eigenvalue weighted by atomic mass is 16.5. The lowest BCUT2D eigenvalue weighted by Crippen LogP contribution is -2.11. The zero-order chi connectivity index (χ0) is 17.7. The molecule has 5 heteroatoms. The summed E-state index contributed by atoms with van der Waals surface area (Å²) < 4.78 is 10.8. The van der Waals surface area contributed by atoms with Crippen LogP contribution in [0.15, 0.2) is 40.3 Å². The number of carbonyl (C=O) groups is 1. The fraction of sp³-hybridized carbons (Fsp3) is 0.211. The van der Waals surface area contributed by atoms with Crippen molar-refractivity contribution in [2.75, 3.05) is 0 Å². The second-order valence-electron chi connectivity index (χ2n) is 5.47. The van der Waals surface area contributed by atoms with E-state index in [2.05, 4.69) is 0 Å². The molecule has 0 N–H and O–H groups in total. The van der Waals surface area contributed by atoms with Crippen LogP contribution in [0.25, 0.3) is 17.4 Å². The van der Waals surface area contributed by atoms with Gasteiger partial charge in [0.05, 0.1) is 11.7 Å². The van der Waals surface area contributed by atoms with Gasteiger partial charge in [-0.2, -0.15) is 10.5 Å². The molecule has 1 heterocycles. The van der Waals surface area contributed by atoms with Crippen LogP contribution in [0.2, 0.25) is 0 Å². The summed E-state index contributed by atoms with van der Waals surface area (Å²) in [5.74, 6) is 0.652. The van der Waals surface area contributed by atoms with E-state index in [4.69, 9.17) is 19.7 Å². The van der Waals surface area contributed by atoms with Gasteiger partial charge in [0, 0.05) is 11.6 Å². The summed E-state index contributed by atoms with van der Waals surface area (Å²) in [5, 5.41) is 17.5. The van der Waals surface area contributed by atoms with Crippen molar-refractivity contribution in [1.82, 2.24) is 0 Å². The summed E-state index contributed by atoms with van der Waals surface area (Å²) in [6.07, 6.45) is 1.21. The minimum atomic E-state index is -0.365. The van der Waals surface area contributed by atoms with Crippen molar-refractivity contribution >= 4 is 12.0 Å². The maximum absolute atomic E-state index is 11.9. The fourth-order valence-corrected chi connectivity index (χ4v) is 2.16. The van der Waals surface area contributed by atoms with Crippen LogP contribution < -0.4 is 0 Å². The second-order valence-corrected chi connectivity index (χ2v) is 5.47. The molecular weight excluding hydrogens is 304 g/mol. The second kappa shape index (κ2) is 7.30. The van der Waals surface area contributed by atoms with Crippen LogP contribution in [0.4, 0.5) is 0 Å². The average molecular weight is 320 g/mol. The van der Waals surface area contributed by atoms with Crippen LogP contribution in [-0.4, -0.2) is 12.1 Å². The van der Waals surface area contributed by atoms with Crippen molar-refractivity contribution in [3.63, 3.8) is 0 Å². The number of esters is 1. The van der Waals surface area contributed by atoms with Crippen molar-refractivity contribution < 1.29 is 13.9 Å². The van der Waals surface area contributed by atoms with Gasteiger partial charge in [-0.1, -0.05) is 6.07 Å². The molecule has 120 valence electrons. The molecule has 0 atom stereocenters. The molecule has 0 aliphatic rings. The fourth-order valence-electron chi connectivity index (χ4n) is 2.16. The molecule has 2 rings (SSSR count). The zero-order valence-electron chi connectivity index (χ0n) is 13.7. The normalized spacial score (nSPS) is 9.92. The quantitative estimate of drug-likeness (QED) is 0.620. The number of carbonyl (C=O) groups excluding carboxylic acids is 1. The van der Waals surface area contributed by atoms with Crippen LogP contribution in [0.1, 0.15) is 35.5 Å². The Balaban J connectivity index is 2.30. The lowest BCUT2D eigenvalue weighted by Gasteiger charge is -2.09. The largest absolute Gasteiger partial charge is 0.459 e. The Morgan fingerprint density at radius 1 is 1.21 bits per heavy atom. The SMILES string of the molecule is Cc1cc(C(=O)OC(C)C)ccc1-c1ccc(C=C(C#N)C#N)o1. The summed E-state index contributed by atoms with van der Waals surface area (Å²) in [5.41, 5.74) is 2.14. The van der Waals surface area contributed by atoms with Crippen LogP contribution >= 0.6 is 0 Å². The Kier molecular flexibility index (Phi) is 5.19. The van der Waals surface area contributed by atoms with Gasteiger partial charge in [-0.15, -0.1) is 0 Å². The topological polar surface area (TPSA) is 87.0 Å². The molecule has 24 heavy (non-hydrogen) atoms. The lowest BCUT2D eigenvalue weighted by atomic mass is 10.0. The molecule has 0 aliphatic carbocycles. The number of aryl methyl sites for hydroxylation is 1. The van der Waals surface area contributed by atoms with E-state index < -0.39 is 0 Å². The van der Waals surface area contributed by atoms with E-state index in [1.54, 1.807) is 56.3 Å². The Morgan fingerprint density at radius 2 is 1.92 bits per heavy atom. The molecule has 0 saturated carbocycles. The van der Waals surface area contributed by atoms with Gasteiger partial charge in [0.25, 0.3) is 0 Å². The number of furan rings is 1. The molecule has 0 spiro atoms. The number of nitrogens with zero attached hydrogens (tertiary/aromatic N) is 2. The third-order valence-corrected chi connectivity index (χ3v) is 3.22. The van der Waals surface area contributed by atoms with Crippen molar-refractivity contribution in [3.8, 4) is 23.5 Å². The molecule has 2 aromatic rings. The molecule has 1 aromatic heterocycles. The maximum atomic E-state index is 11.9. The predicted molar refractivity (Wildman–Crippen MR) is 88.6 cm³/mol. The molecule has 0 aliphatic heterocycles. The smallest absolute Gasteiger partial charge is 0.338 e. The van der Waals surface area contributed by atoms with Crippen molar-refractivity contribution in [2.45, 2.75) is 26.9 Å². The summed E-state index contributed by atoms with van der Waals surface area (Å²) in [6, 6.07) is 12.2. The first-order chi connectivity index (χ1) is 11.4. The molecule has 0 amide bonds.